The standard InChI is InChI=1S/C15H21NO2S/c1-10(9-19(4)17)16-12(3)15-11(2)13-7-5-6-8-14(13)18-15/h5-8,10,12,16H,9H2,1-4H3. The molecule has 0 radical (unpaired) electrons. The smallest absolute Gasteiger partial charge is 0.134 e. The minimum absolute atomic E-state index is 0.117. The molecule has 3 atom stereocenters. The van der Waals surface area contributed by atoms with Crippen molar-refractivity contribution in [2.24, 2.45) is 0 Å². The van der Waals surface area contributed by atoms with Crippen molar-refractivity contribution in [1.29, 1.82) is 0 Å². The summed E-state index contributed by atoms with van der Waals surface area (Å²) in [4.78, 5) is 0. The molecular weight excluding hydrogens is 258 g/mol. The largest absolute Gasteiger partial charge is 0.459 e. The Balaban J connectivity index is 2.19. The first-order valence-electron chi connectivity index (χ1n) is 6.53. The van der Waals surface area contributed by atoms with Crippen LogP contribution in [0.4, 0.5) is 0 Å². The second-order valence-electron chi connectivity index (χ2n) is 5.12. The molecule has 0 spiro atoms. The molecule has 2 rings (SSSR count). The van der Waals surface area contributed by atoms with E-state index >= 15 is 0 Å². The number of para-hydroxylation sites is 1. The van der Waals surface area contributed by atoms with Gasteiger partial charge in [-0.1, -0.05) is 18.2 Å². The SMILES string of the molecule is Cc1c(C(C)NC(C)CS(C)=O)oc2ccccc12. The molecule has 0 aliphatic heterocycles. The molecule has 0 aliphatic rings. The van der Waals surface area contributed by atoms with E-state index in [1.165, 1.54) is 5.56 Å². The van der Waals surface area contributed by atoms with E-state index in [-0.39, 0.29) is 12.1 Å². The minimum atomic E-state index is -0.782. The van der Waals surface area contributed by atoms with Gasteiger partial charge in [0, 0.05) is 34.2 Å². The number of aryl methyl sites for hydroxylation is 1. The van der Waals surface area contributed by atoms with Crippen molar-refractivity contribution in [2.75, 3.05) is 12.0 Å². The van der Waals surface area contributed by atoms with Crippen molar-refractivity contribution < 1.29 is 8.63 Å². The number of rotatable bonds is 5. The van der Waals surface area contributed by atoms with Crippen LogP contribution in [0.2, 0.25) is 0 Å². The van der Waals surface area contributed by atoms with E-state index in [2.05, 4.69) is 32.2 Å². The summed E-state index contributed by atoms with van der Waals surface area (Å²) in [6.07, 6.45) is 1.73. The Morgan fingerprint density at radius 2 is 2.00 bits per heavy atom. The van der Waals surface area contributed by atoms with E-state index in [4.69, 9.17) is 4.42 Å². The Hall–Kier alpha value is -1.13. The molecule has 0 fully saturated rings. The van der Waals surface area contributed by atoms with Gasteiger partial charge in [-0.3, -0.25) is 4.21 Å². The molecule has 0 saturated heterocycles. The second kappa shape index (κ2) is 5.88. The number of hydrogen-bond acceptors (Lipinski definition) is 3. The molecule has 4 heteroatoms. The van der Waals surface area contributed by atoms with Crippen molar-refractivity contribution in [2.45, 2.75) is 32.9 Å². The summed E-state index contributed by atoms with van der Waals surface area (Å²) in [6, 6.07) is 8.39. The molecule has 0 bridgehead atoms. The lowest BCUT2D eigenvalue weighted by Crippen LogP contribution is -2.33. The molecular formula is C15H21NO2S. The Morgan fingerprint density at radius 1 is 1.32 bits per heavy atom. The summed E-state index contributed by atoms with van der Waals surface area (Å²) in [5.74, 6) is 1.62. The molecule has 3 nitrogen and oxygen atoms in total. The predicted molar refractivity (Wildman–Crippen MR) is 80.9 cm³/mol. The third kappa shape index (κ3) is 3.25. The van der Waals surface area contributed by atoms with Gasteiger partial charge in [0.2, 0.25) is 0 Å². The number of hydrogen-bond donors (Lipinski definition) is 1. The van der Waals surface area contributed by atoms with Crippen LogP contribution in [0.5, 0.6) is 0 Å². The summed E-state index contributed by atoms with van der Waals surface area (Å²) in [5.41, 5.74) is 2.11. The highest BCUT2D eigenvalue weighted by Gasteiger charge is 2.18. The Morgan fingerprint density at radius 3 is 2.63 bits per heavy atom. The maximum atomic E-state index is 11.2. The minimum Gasteiger partial charge on any atom is -0.459 e. The number of nitrogens with one attached hydrogen (secondary N) is 1. The fraction of sp³-hybridized carbons (Fsp3) is 0.467. The zero-order valence-electron chi connectivity index (χ0n) is 11.9. The lowest BCUT2D eigenvalue weighted by molar-refractivity contribution is 0.422. The van der Waals surface area contributed by atoms with Gasteiger partial charge in [0.15, 0.2) is 0 Å². The summed E-state index contributed by atoms with van der Waals surface area (Å²) in [6.45, 7) is 6.22. The highest BCUT2D eigenvalue weighted by Crippen LogP contribution is 2.29. The third-order valence-electron chi connectivity index (χ3n) is 3.29. The van der Waals surface area contributed by atoms with Gasteiger partial charge in [0.05, 0.1) is 6.04 Å². The van der Waals surface area contributed by atoms with E-state index in [0.29, 0.717) is 5.75 Å². The molecule has 2 aromatic rings. The molecule has 1 N–H and O–H groups in total. The Kier molecular flexibility index (Phi) is 4.42. The monoisotopic (exact) mass is 279 g/mol. The normalized spacial score (nSPS) is 16.4. The van der Waals surface area contributed by atoms with Crippen LogP contribution in [0.1, 0.15) is 31.2 Å². The van der Waals surface area contributed by atoms with E-state index in [0.717, 1.165) is 16.7 Å². The van der Waals surface area contributed by atoms with Gasteiger partial charge in [-0.2, -0.15) is 0 Å². The van der Waals surface area contributed by atoms with Crippen molar-refractivity contribution in [3.05, 3.63) is 35.6 Å². The van der Waals surface area contributed by atoms with E-state index < -0.39 is 10.8 Å². The van der Waals surface area contributed by atoms with Crippen LogP contribution >= 0.6 is 0 Å². The number of furan rings is 1. The molecule has 1 aromatic heterocycles. The predicted octanol–water partition coefficient (Wildman–Crippen LogP) is 3.16. The van der Waals surface area contributed by atoms with Gasteiger partial charge < -0.3 is 9.73 Å². The molecule has 3 unspecified atom stereocenters. The molecule has 104 valence electrons. The van der Waals surface area contributed by atoms with Crippen LogP contribution in [-0.2, 0) is 10.8 Å². The van der Waals surface area contributed by atoms with E-state index in [1.807, 2.05) is 18.2 Å². The Labute approximate surface area is 116 Å². The second-order valence-corrected chi connectivity index (χ2v) is 6.60. The van der Waals surface area contributed by atoms with Gasteiger partial charge in [-0.15, -0.1) is 0 Å². The van der Waals surface area contributed by atoms with E-state index in [1.54, 1.807) is 6.26 Å². The van der Waals surface area contributed by atoms with Crippen molar-refractivity contribution >= 4 is 21.8 Å². The van der Waals surface area contributed by atoms with Crippen LogP contribution in [0.25, 0.3) is 11.0 Å². The first-order chi connectivity index (χ1) is 8.99. The summed E-state index contributed by atoms with van der Waals surface area (Å²) < 4.78 is 17.2. The highest BCUT2D eigenvalue weighted by atomic mass is 32.2. The van der Waals surface area contributed by atoms with Crippen molar-refractivity contribution in [3.63, 3.8) is 0 Å². The summed E-state index contributed by atoms with van der Waals surface area (Å²) in [5, 5.41) is 4.61. The number of benzene rings is 1. The fourth-order valence-electron chi connectivity index (χ4n) is 2.51. The lowest BCUT2D eigenvalue weighted by atomic mass is 10.1. The van der Waals surface area contributed by atoms with Crippen LogP contribution in [0, 0.1) is 6.92 Å². The average molecular weight is 279 g/mol. The van der Waals surface area contributed by atoms with E-state index in [9.17, 15) is 4.21 Å². The van der Waals surface area contributed by atoms with Gasteiger partial charge in [-0.25, -0.2) is 0 Å². The fourth-order valence-corrected chi connectivity index (χ4v) is 3.31. The molecule has 1 aromatic carbocycles. The zero-order chi connectivity index (χ0) is 14.0. The lowest BCUT2D eigenvalue weighted by Gasteiger charge is -2.18. The highest BCUT2D eigenvalue weighted by molar-refractivity contribution is 7.84. The van der Waals surface area contributed by atoms with Crippen molar-refractivity contribution in [1.82, 2.24) is 5.32 Å². The van der Waals surface area contributed by atoms with Gasteiger partial charge in [0.25, 0.3) is 0 Å². The number of fused-ring (bicyclic) bond motifs is 1. The molecule has 19 heavy (non-hydrogen) atoms. The summed E-state index contributed by atoms with van der Waals surface area (Å²) >= 11 is 0. The third-order valence-corrected chi connectivity index (χ3v) is 4.26. The van der Waals surface area contributed by atoms with Crippen LogP contribution in [-0.4, -0.2) is 22.3 Å². The zero-order valence-corrected chi connectivity index (χ0v) is 12.7. The van der Waals surface area contributed by atoms with Crippen LogP contribution in [0.15, 0.2) is 28.7 Å². The maximum absolute atomic E-state index is 11.2. The molecule has 0 aliphatic carbocycles. The van der Waals surface area contributed by atoms with Gasteiger partial charge in [-0.05, 0) is 32.4 Å². The summed E-state index contributed by atoms with van der Waals surface area (Å²) in [7, 11) is -0.782. The molecule has 0 amide bonds. The topological polar surface area (TPSA) is 42.2 Å². The van der Waals surface area contributed by atoms with Crippen molar-refractivity contribution in [3.8, 4) is 0 Å². The Bertz CT molecular complexity index is 591. The molecule has 0 saturated carbocycles. The van der Waals surface area contributed by atoms with Gasteiger partial charge >= 0.3 is 0 Å². The average Bonchev–Trinajstić information content (AvgIpc) is 2.66. The first kappa shape index (κ1) is 14.3. The maximum Gasteiger partial charge on any atom is 0.134 e. The molecule has 1 heterocycles. The quantitative estimate of drug-likeness (QED) is 0.914. The van der Waals surface area contributed by atoms with Gasteiger partial charge in [0.1, 0.15) is 11.3 Å². The van der Waals surface area contributed by atoms with Crippen LogP contribution < -0.4 is 5.32 Å². The van der Waals surface area contributed by atoms with Crippen LogP contribution in [0.3, 0.4) is 0 Å². The first-order valence-corrected chi connectivity index (χ1v) is 8.26.